The molecule has 0 fully saturated rings. The first kappa shape index (κ1) is 63.4. The van der Waals surface area contributed by atoms with E-state index in [2.05, 4.69) is 81.4 Å². The van der Waals surface area contributed by atoms with Gasteiger partial charge >= 0.3 is 5.97 Å². The summed E-state index contributed by atoms with van der Waals surface area (Å²) in [5.74, 6) is -14.7. The van der Waals surface area contributed by atoms with E-state index in [0.29, 0.717) is 23.1 Å². The third-order valence-corrected chi connectivity index (χ3v) is 9.05. The van der Waals surface area contributed by atoms with Gasteiger partial charge in [0.2, 0.25) is 34.8 Å². The van der Waals surface area contributed by atoms with E-state index in [9.17, 15) is 44.7 Å². The van der Waals surface area contributed by atoms with Crippen LogP contribution in [0.4, 0.5) is 35.1 Å². The number of benzene rings is 3. The van der Waals surface area contributed by atoms with Gasteiger partial charge < -0.3 is 35.4 Å². The summed E-state index contributed by atoms with van der Waals surface area (Å²) in [6.07, 6.45) is 3.86. The molecule has 25 heteroatoms. The van der Waals surface area contributed by atoms with Gasteiger partial charge in [0.05, 0.1) is 36.6 Å². The fourth-order valence-corrected chi connectivity index (χ4v) is 5.70. The maximum absolute atomic E-state index is 13.7. The second-order valence-electron chi connectivity index (χ2n) is 13.5. The number of nitrogens with two attached hydrogens (primary N) is 1. The lowest BCUT2D eigenvalue weighted by Gasteiger charge is -2.13. The van der Waals surface area contributed by atoms with Crippen LogP contribution in [0.3, 0.4) is 0 Å². The van der Waals surface area contributed by atoms with Crippen LogP contribution in [-0.4, -0.2) is 103 Å². The molecular weight excluding hydrogens is 950 g/mol. The number of amides is 1. The van der Waals surface area contributed by atoms with Crippen LogP contribution >= 0.6 is 0 Å². The first-order chi connectivity index (χ1) is 33.3. The number of hydrogen-bond acceptors (Lipinski definition) is 9. The molecule has 0 aliphatic rings. The number of carbonyl (C=O) groups excluding carboxylic acids is 2. The highest BCUT2D eigenvalue weighted by Crippen LogP contribution is 2.31. The van der Waals surface area contributed by atoms with E-state index in [1.54, 1.807) is 36.5 Å². The molecule has 0 bridgehead atoms. The Morgan fingerprint density at radius 2 is 1.11 bits per heavy atom. The number of nitrogens with zero attached hydrogens (tertiary/aromatic N) is 9. The van der Waals surface area contributed by atoms with E-state index >= 15 is 0 Å². The first-order valence-corrected chi connectivity index (χ1v) is 21.1. The standard InChI is InChI=1S/C18H7F5N2O2.C14H12FN3O.C6H15N.C3H7N3.C2H4FN3.C2H6FN.CH4.FH/c19-12-13(20)15(22)17(16(23)14(12)21)27-18(26)10-5-8-7-3-1-2-4-9(7)25-11(8)6-24-10;15-5-6-16-14(19)12-7-10-9-3-1-2-4-11(9)18-13(10)8-17-12;1-4-7(5-2)6-3;1-2-3-5-6-4;3-1-2-5-6-4;3-1-2-4;;/h1-6,25H;1-4,7-8,18H,5-6H2,(H,16,19);4-6H2,1-3H3;2-3H2,1H3;1-2H2;1-2,4H2;1H4;1H/p-1/i;15-1;;;2*3-1;;1-1. The quantitative estimate of drug-likeness (QED) is 0.0128. The zero-order chi connectivity index (χ0) is 51.3. The van der Waals surface area contributed by atoms with Gasteiger partial charge in [-0.3, -0.25) is 9.18 Å². The number of H-pyrrole nitrogens is 2. The Hall–Kier alpha value is -7.59. The van der Waals surface area contributed by atoms with Crippen LogP contribution in [0, 0.1) is 29.1 Å². The Kier molecular flexibility index (Phi) is 31.0. The molecule has 386 valence electrons. The van der Waals surface area contributed by atoms with Gasteiger partial charge in [-0.1, -0.05) is 88.2 Å². The van der Waals surface area contributed by atoms with E-state index in [1.807, 2.05) is 31.2 Å². The number of pyridine rings is 2. The number of esters is 1. The van der Waals surface area contributed by atoms with Gasteiger partial charge in [0, 0.05) is 62.0 Å². The summed E-state index contributed by atoms with van der Waals surface area (Å²) in [6, 6.07) is 18.0. The molecule has 4 aromatic heterocycles. The minimum Gasteiger partial charge on any atom is -1.00 e. The summed E-state index contributed by atoms with van der Waals surface area (Å²) in [4.78, 5) is 45.3. The topological polar surface area (TPSA) is 240 Å². The predicted octanol–water partition coefficient (Wildman–Crippen LogP) is 8.92. The first-order valence-electron chi connectivity index (χ1n) is 21.1. The highest BCUT2D eigenvalue weighted by molar-refractivity contribution is 6.10. The van der Waals surface area contributed by atoms with Gasteiger partial charge in [0.15, 0.2) is 0 Å². The summed E-state index contributed by atoms with van der Waals surface area (Å²) >= 11 is 0. The summed E-state index contributed by atoms with van der Waals surface area (Å²) in [7, 11) is 0. The number of rotatable bonds is 13. The second-order valence-corrected chi connectivity index (χ2v) is 13.5. The van der Waals surface area contributed by atoms with E-state index in [4.69, 9.17) is 11.1 Å². The Labute approximate surface area is 402 Å². The van der Waals surface area contributed by atoms with E-state index < -0.39 is 60.8 Å². The number of aromatic amines is 2. The molecule has 4 heterocycles. The van der Waals surface area contributed by atoms with Crippen LogP contribution in [0.2, 0.25) is 0 Å². The van der Waals surface area contributed by atoms with Crippen LogP contribution in [0.5, 0.6) is 5.75 Å². The fourth-order valence-electron chi connectivity index (χ4n) is 5.70. The monoisotopic (exact) mass is 1000 g/mol. The number of para-hydroxylation sites is 2. The van der Waals surface area contributed by atoms with Crippen LogP contribution in [0.25, 0.3) is 64.5 Å². The van der Waals surface area contributed by atoms with Crippen molar-refractivity contribution < 1.29 is 54.2 Å². The molecular formula is C46H55F9N13O3-. The highest BCUT2D eigenvalue weighted by Gasteiger charge is 2.29. The average Bonchev–Trinajstić information content (AvgIpc) is 3.96. The van der Waals surface area contributed by atoms with Crippen molar-refractivity contribution in [1.82, 2.24) is 30.2 Å². The predicted molar refractivity (Wildman–Crippen MR) is 256 cm³/mol. The maximum atomic E-state index is 13.7. The molecule has 0 saturated carbocycles. The molecule has 0 aliphatic carbocycles. The smallest absolute Gasteiger partial charge is 0.362 e. The molecule has 0 spiro atoms. The maximum Gasteiger partial charge on any atom is 0.362 e. The van der Waals surface area contributed by atoms with Crippen molar-refractivity contribution in [3.05, 3.63) is 134 Å². The van der Waals surface area contributed by atoms with Crippen molar-refractivity contribution in [3.8, 4) is 5.75 Å². The number of nitrogens with one attached hydrogen (secondary N) is 3. The van der Waals surface area contributed by atoms with Crippen molar-refractivity contribution >= 4 is 55.5 Å². The number of carbonyl (C=O) groups is 2. The van der Waals surface area contributed by atoms with Crippen molar-refractivity contribution in [2.75, 3.05) is 65.8 Å². The zero-order valence-corrected chi connectivity index (χ0v) is 38.4. The molecule has 7 rings (SSSR count). The number of azide groups is 2. The molecule has 3 aromatic carbocycles. The van der Waals surface area contributed by atoms with Gasteiger partial charge in [-0.2, -0.15) is 8.78 Å². The molecule has 0 atom stereocenters. The lowest BCUT2D eigenvalue weighted by atomic mass is 10.1. The van der Waals surface area contributed by atoms with E-state index in [1.165, 1.54) is 31.9 Å². The minimum atomic E-state index is -2.34. The van der Waals surface area contributed by atoms with Crippen LogP contribution < -0.4 is 20.5 Å². The van der Waals surface area contributed by atoms with Crippen LogP contribution in [-0.2, 0) is 0 Å². The number of alkyl halides is 3. The molecule has 16 nitrogen and oxygen atoms in total. The Balaban J connectivity index is 0.000000965. The molecule has 0 aliphatic heterocycles. The van der Waals surface area contributed by atoms with E-state index in [0.717, 1.165) is 39.1 Å². The van der Waals surface area contributed by atoms with Crippen LogP contribution in [0.15, 0.2) is 83.3 Å². The second kappa shape index (κ2) is 34.7. The normalized spacial score (nSPS) is 9.83. The largest absolute Gasteiger partial charge is 1.00 e. The number of ether oxygens (including phenoxy) is 1. The number of hydrogen-bond donors (Lipinski definition) is 4. The average molecular weight is 1010 g/mol. The lowest BCUT2D eigenvalue weighted by Crippen LogP contribution is -3.00. The van der Waals surface area contributed by atoms with Gasteiger partial charge in [0.1, 0.15) is 24.7 Å². The van der Waals surface area contributed by atoms with Crippen molar-refractivity contribution in [3.63, 3.8) is 0 Å². The number of halogens is 9. The summed E-state index contributed by atoms with van der Waals surface area (Å²) in [5, 5.41) is 11.9. The minimum absolute atomic E-state index is 0. The van der Waals surface area contributed by atoms with Gasteiger partial charge in [0.25, 0.3) is 5.91 Å². The molecule has 0 saturated heterocycles. The van der Waals surface area contributed by atoms with Crippen molar-refractivity contribution in [2.24, 2.45) is 16.0 Å². The third kappa shape index (κ3) is 19.0. The van der Waals surface area contributed by atoms with Crippen molar-refractivity contribution in [1.29, 1.82) is 0 Å². The van der Waals surface area contributed by atoms with Gasteiger partial charge in [-0.05, 0) is 55.0 Å². The Morgan fingerprint density at radius 1 is 0.676 bits per heavy atom. The molecule has 0 radical (unpaired) electrons. The fraction of sp³-hybridized carbons (Fsp3) is 0.348. The number of fused-ring (bicyclic) bond motifs is 6. The van der Waals surface area contributed by atoms with Crippen molar-refractivity contribution in [2.45, 2.75) is 41.5 Å². The SMILES string of the molecule is C.CCCN=[N+]=[N-].CCN(CC)CC.NCC[18F].O=C(NCC[18F])c1cc2c(cn1)[nH]c1ccccc12.O=C(Oc1c(F)c(F)c(F)c(F)c1F)c1cc2c(cn1)[nH]c1ccccc12.[18F-].[N-]=[N+]=NCC[18F]. The van der Waals surface area contributed by atoms with Gasteiger partial charge in [-0.15, -0.1) is 0 Å². The molecule has 71 heavy (non-hydrogen) atoms. The molecule has 5 N–H and O–H groups in total. The Morgan fingerprint density at radius 3 is 1.49 bits per heavy atom. The summed E-state index contributed by atoms with van der Waals surface area (Å²) in [6.45, 7) is 11.3. The molecule has 7 aromatic rings. The Bertz CT molecular complexity index is 2760. The third-order valence-electron chi connectivity index (χ3n) is 9.05. The van der Waals surface area contributed by atoms with E-state index in [-0.39, 0.29) is 43.4 Å². The van der Waals surface area contributed by atoms with Gasteiger partial charge in [-0.25, -0.2) is 36.7 Å². The highest BCUT2D eigenvalue weighted by atomic mass is 19.2. The number of aromatic nitrogens is 4. The molecule has 1 amide bonds. The zero-order valence-electron chi connectivity index (χ0n) is 38.4. The van der Waals surface area contributed by atoms with Crippen LogP contribution in [0.1, 0.15) is 62.5 Å². The summed E-state index contributed by atoms with van der Waals surface area (Å²) < 4.78 is 105. The lowest BCUT2D eigenvalue weighted by molar-refractivity contribution is -0.0000385. The summed E-state index contributed by atoms with van der Waals surface area (Å²) in [5.41, 5.74) is 23.0. The molecule has 0 unspecified atom stereocenters.